The maximum Gasteiger partial charge on any atom is 0.312 e. The van der Waals surface area contributed by atoms with Crippen molar-refractivity contribution >= 4 is 29.0 Å². The summed E-state index contributed by atoms with van der Waals surface area (Å²) in [7, 11) is 0. The average Bonchev–Trinajstić information content (AvgIpc) is 2.89. The zero-order chi connectivity index (χ0) is 21.1. The van der Waals surface area contributed by atoms with E-state index in [1.54, 1.807) is 26.0 Å². The second kappa shape index (κ2) is 8.39. The third kappa shape index (κ3) is 4.96. The minimum atomic E-state index is -0.484. The number of nitrogens with zero attached hydrogens (tertiary/aromatic N) is 5. The van der Waals surface area contributed by atoms with Gasteiger partial charge in [0.2, 0.25) is 5.91 Å². The monoisotopic (exact) mass is 412 g/mol. The van der Waals surface area contributed by atoms with Crippen molar-refractivity contribution in [1.29, 1.82) is 0 Å². The maximum atomic E-state index is 12.3. The molecule has 10 heteroatoms. The molecule has 0 aliphatic rings. The molecule has 9 nitrogen and oxygen atoms in total. The second-order valence-electron chi connectivity index (χ2n) is 6.54. The summed E-state index contributed by atoms with van der Waals surface area (Å²) in [6.07, 6.45) is 0. The number of nitrogens with one attached hydrogen (secondary N) is 1. The molecule has 0 aliphatic carbocycles. The van der Waals surface area contributed by atoms with Crippen LogP contribution in [0.15, 0.2) is 40.4 Å². The van der Waals surface area contributed by atoms with Crippen LogP contribution in [0.3, 0.4) is 0 Å². The van der Waals surface area contributed by atoms with Gasteiger partial charge in [-0.15, -0.1) is 0 Å². The fourth-order valence-electron chi connectivity index (χ4n) is 2.89. The molecule has 0 atom stereocenters. The molecule has 0 radical (unpaired) electrons. The number of hydrogen-bond acceptors (Lipinski definition) is 7. The van der Waals surface area contributed by atoms with Crippen molar-refractivity contribution in [3.8, 4) is 0 Å². The number of aromatic nitrogens is 4. The summed E-state index contributed by atoms with van der Waals surface area (Å²) in [5.74, 6) is -0.316. The largest absolute Gasteiger partial charge is 0.324 e. The summed E-state index contributed by atoms with van der Waals surface area (Å²) in [6.45, 7) is 6.87. The van der Waals surface area contributed by atoms with Crippen molar-refractivity contribution in [3.63, 3.8) is 0 Å². The van der Waals surface area contributed by atoms with Gasteiger partial charge in [0.15, 0.2) is 5.16 Å². The van der Waals surface area contributed by atoms with Gasteiger partial charge in [-0.3, -0.25) is 19.6 Å². The molecular weight excluding hydrogens is 392 g/mol. The van der Waals surface area contributed by atoms with E-state index in [-0.39, 0.29) is 23.8 Å². The van der Waals surface area contributed by atoms with Crippen LogP contribution < -0.4 is 5.32 Å². The summed E-state index contributed by atoms with van der Waals surface area (Å²) < 4.78 is 1.34. The third-order valence-electron chi connectivity index (χ3n) is 4.13. The smallest absolute Gasteiger partial charge is 0.312 e. The van der Waals surface area contributed by atoms with E-state index < -0.39 is 4.92 Å². The van der Waals surface area contributed by atoms with Crippen LogP contribution in [0, 0.1) is 37.8 Å². The van der Waals surface area contributed by atoms with E-state index in [1.807, 2.05) is 32.0 Å². The number of benzene rings is 1. The van der Waals surface area contributed by atoms with Crippen LogP contribution >= 0.6 is 11.8 Å². The first-order valence-electron chi connectivity index (χ1n) is 8.81. The molecule has 2 heterocycles. The SMILES string of the molecule is Cc1cc(C)nc(Sc2ccc(NC(=O)Cn3nc(C)c([N+](=O)[O-])c3C)cc2)n1. The Morgan fingerprint density at radius 3 is 2.31 bits per heavy atom. The molecule has 0 saturated carbocycles. The minimum absolute atomic E-state index is 0.0622. The highest BCUT2D eigenvalue weighted by Gasteiger charge is 2.22. The van der Waals surface area contributed by atoms with E-state index in [9.17, 15) is 14.9 Å². The van der Waals surface area contributed by atoms with Crippen molar-refractivity contribution in [2.75, 3.05) is 5.32 Å². The molecule has 150 valence electrons. The molecule has 0 spiro atoms. The highest BCUT2D eigenvalue weighted by Crippen LogP contribution is 2.26. The summed E-state index contributed by atoms with van der Waals surface area (Å²) >= 11 is 1.44. The average molecular weight is 412 g/mol. The van der Waals surface area contributed by atoms with Gasteiger partial charge in [0.25, 0.3) is 0 Å². The summed E-state index contributed by atoms with van der Waals surface area (Å²) in [5, 5.41) is 18.6. The predicted octanol–water partition coefficient (Wildman–Crippen LogP) is 3.60. The predicted molar refractivity (Wildman–Crippen MR) is 109 cm³/mol. The Bertz CT molecular complexity index is 1060. The van der Waals surface area contributed by atoms with Gasteiger partial charge in [-0.05, 0) is 69.8 Å². The fraction of sp³-hybridized carbons (Fsp3) is 0.263. The molecule has 0 saturated heterocycles. The molecular formula is C19H20N6O3S. The van der Waals surface area contributed by atoms with Crippen LogP contribution in [0.5, 0.6) is 0 Å². The van der Waals surface area contributed by atoms with E-state index in [0.717, 1.165) is 16.3 Å². The number of hydrogen-bond donors (Lipinski definition) is 1. The standard InChI is InChI=1S/C19H20N6O3S/c1-11-9-12(2)21-19(20-11)29-16-7-5-15(6-8-16)22-17(26)10-24-14(4)18(25(27)28)13(3)23-24/h5-9H,10H2,1-4H3,(H,22,26). The highest BCUT2D eigenvalue weighted by molar-refractivity contribution is 7.99. The van der Waals surface area contributed by atoms with Gasteiger partial charge in [-0.2, -0.15) is 5.10 Å². The van der Waals surface area contributed by atoms with Crippen LogP contribution in [0.1, 0.15) is 22.8 Å². The number of anilines is 1. The Morgan fingerprint density at radius 1 is 1.14 bits per heavy atom. The fourth-order valence-corrected chi connectivity index (χ4v) is 3.76. The van der Waals surface area contributed by atoms with Gasteiger partial charge in [0, 0.05) is 22.0 Å². The zero-order valence-electron chi connectivity index (χ0n) is 16.5. The number of amides is 1. The Hall–Kier alpha value is -3.27. The number of carbonyl (C=O) groups is 1. The van der Waals surface area contributed by atoms with E-state index >= 15 is 0 Å². The van der Waals surface area contributed by atoms with Gasteiger partial charge in [-0.25, -0.2) is 9.97 Å². The first-order valence-corrected chi connectivity index (χ1v) is 9.63. The highest BCUT2D eigenvalue weighted by atomic mass is 32.2. The molecule has 0 fully saturated rings. The molecule has 3 aromatic rings. The van der Waals surface area contributed by atoms with E-state index in [0.29, 0.717) is 16.5 Å². The number of aryl methyl sites for hydroxylation is 3. The summed E-state index contributed by atoms with van der Waals surface area (Å²) in [4.78, 5) is 32.6. The lowest BCUT2D eigenvalue weighted by Crippen LogP contribution is -2.20. The van der Waals surface area contributed by atoms with Crippen molar-refractivity contribution in [2.24, 2.45) is 0 Å². The van der Waals surface area contributed by atoms with Gasteiger partial charge in [0.05, 0.1) is 4.92 Å². The van der Waals surface area contributed by atoms with Crippen molar-refractivity contribution in [2.45, 2.75) is 44.3 Å². The second-order valence-corrected chi connectivity index (χ2v) is 7.58. The molecule has 3 rings (SSSR count). The van der Waals surface area contributed by atoms with Crippen molar-refractivity contribution in [1.82, 2.24) is 19.7 Å². The Balaban J connectivity index is 1.64. The Kier molecular flexibility index (Phi) is 5.92. The lowest BCUT2D eigenvalue weighted by Gasteiger charge is -2.08. The zero-order valence-corrected chi connectivity index (χ0v) is 17.3. The van der Waals surface area contributed by atoms with Gasteiger partial charge >= 0.3 is 5.69 Å². The molecule has 1 N–H and O–H groups in total. The quantitative estimate of drug-likeness (QED) is 0.373. The minimum Gasteiger partial charge on any atom is -0.324 e. The van der Waals surface area contributed by atoms with Gasteiger partial charge < -0.3 is 5.32 Å². The number of carbonyl (C=O) groups excluding carboxylic acids is 1. The first-order chi connectivity index (χ1) is 13.7. The van der Waals surface area contributed by atoms with Gasteiger partial charge in [0.1, 0.15) is 17.9 Å². The van der Waals surface area contributed by atoms with Crippen LogP contribution in [0.2, 0.25) is 0 Å². The number of rotatable bonds is 6. The lowest BCUT2D eigenvalue weighted by atomic mass is 10.3. The van der Waals surface area contributed by atoms with Crippen molar-refractivity contribution in [3.05, 3.63) is 63.2 Å². The van der Waals surface area contributed by atoms with E-state index in [1.165, 1.54) is 16.4 Å². The molecule has 2 aromatic heterocycles. The molecule has 1 aromatic carbocycles. The van der Waals surface area contributed by atoms with Crippen LogP contribution in [0.4, 0.5) is 11.4 Å². The molecule has 29 heavy (non-hydrogen) atoms. The van der Waals surface area contributed by atoms with Crippen LogP contribution in [-0.2, 0) is 11.3 Å². The van der Waals surface area contributed by atoms with Gasteiger partial charge in [-0.1, -0.05) is 0 Å². The topological polar surface area (TPSA) is 116 Å². The van der Waals surface area contributed by atoms with Crippen LogP contribution in [-0.4, -0.2) is 30.6 Å². The molecule has 0 aliphatic heterocycles. The molecule has 0 bridgehead atoms. The Morgan fingerprint density at radius 2 is 1.76 bits per heavy atom. The third-order valence-corrected chi connectivity index (χ3v) is 5.00. The normalized spacial score (nSPS) is 10.8. The van der Waals surface area contributed by atoms with Crippen LogP contribution in [0.25, 0.3) is 0 Å². The number of nitro groups is 1. The van der Waals surface area contributed by atoms with E-state index in [4.69, 9.17) is 0 Å². The summed E-state index contributed by atoms with van der Waals surface area (Å²) in [5.41, 5.74) is 3.02. The lowest BCUT2D eigenvalue weighted by molar-refractivity contribution is -0.386. The summed E-state index contributed by atoms with van der Waals surface area (Å²) in [6, 6.07) is 9.23. The van der Waals surface area contributed by atoms with E-state index in [2.05, 4.69) is 20.4 Å². The van der Waals surface area contributed by atoms with Crippen molar-refractivity contribution < 1.29 is 9.72 Å². The Labute approximate surface area is 171 Å². The molecule has 1 amide bonds. The first kappa shape index (κ1) is 20.5. The maximum absolute atomic E-state index is 12.3. The molecule has 0 unspecified atom stereocenters.